The second kappa shape index (κ2) is 8.61. The molecule has 4 rings (SSSR count). The molecular weight excluding hydrogens is 352 g/mol. The van der Waals surface area contributed by atoms with Crippen molar-refractivity contribution in [2.75, 3.05) is 44.7 Å². The average molecular weight is 380 g/mol. The summed E-state index contributed by atoms with van der Waals surface area (Å²) in [6.07, 6.45) is 5.78. The highest BCUT2D eigenvalue weighted by atomic mass is 16.5. The van der Waals surface area contributed by atoms with Gasteiger partial charge in [-0.15, -0.1) is 0 Å². The van der Waals surface area contributed by atoms with Crippen molar-refractivity contribution in [3.05, 3.63) is 54.4 Å². The van der Waals surface area contributed by atoms with Crippen LogP contribution in [0, 0.1) is 5.92 Å². The first-order chi connectivity index (χ1) is 13.7. The molecule has 6 nitrogen and oxygen atoms in total. The van der Waals surface area contributed by atoms with Crippen LogP contribution in [0.2, 0.25) is 0 Å². The second-order valence-electron chi connectivity index (χ2n) is 7.54. The lowest BCUT2D eigenvalue weighted by Crippen LogP contribution is -2.50. The molecule has 148 valence electrons. The predicted octanol–water partition coefficient (Wildman–Crippen LogP) is 2.48. The first kappa shape index (κ1) is 18.7. The summed E-state index contributed by atoms with van der Waals surface area (Å²) in [6.45, 7) is 4.46. The largest absolute Gasteiger partial charge is 0.497 e. The van der Waals surface area contributed by atoms with Crippen LogP contribution in [-0.4, -0.2) is 55.6 Å². The number of amides is 1. The minimum Gasteiger partial charge on any atom is -0.497 e. The molecule has 1 N–H and O–H groups in total. The molecule has 0 unspecified atom stereocenters. The first-order valence-electron chi connectivity index (χ1n) is 10.1. The predicted molar refractivity (Wildman–Crippen MR) is 109 cm³/mol. The number of piperazine rings is 1. The van der Waals surface area contributed by atoms with Gasteiger partial charge in [-0.3, -0.25) is 14.7 Å². The van der Waals surface area contributed by atoms with E-state index in [0.29, 0.717) is 6.54 Å². The van der Waals surface area contributed by atoms with Gasteiger partial charge in [-0.2, -0.15) is 0 Å². The van der Waals surface area contributed by atoms with Crippen molar-refractivity contribution in [3.63, 3.8) is 0 Å². The molecule has 1 aromatic heterocycles. The van der Waals surface area contributed by atoms with Crippen molar-refractivity contribution >= 4 is 11.6 Å². The highest BCUT2D eigenvalue weighted by Crippen LogP contribution is 2.29. The number of hydrogen-bond acceptors (Lipinski definition) is 5. The summed E-state index contributed by atoms with van der Waals surface area (Å²) < 4.78 is 5.25. The Hall–Kier alpha value is -2.60. The quantitative estimate of drug-likeness (QED) is 0.800. The van der Waals surface area contributed by atoms with E-state index >= 15 is 0 Å². The van der Waals surface area contributed by atoms with Crippen LogP contribution in [0.5, 0.6) is 5.75 Å². The molecule has 2 aromatic rings. The van der Waals surface area contributed by atoms with Crippen LogP contribution in [-0.2, 0) is 4.79 Å². The number of methoxy groups -OCH3 is 1. The van der Waals surface area contributed by atoms with Crippen molar-refractivity contribution < 1.29 is 9.53 Å². The van der Waals surface area contributed by atoms with E-state index in [4.69, 9.17) is 4.74 Å². The van der Waals surface area contributed by atoms with Crippen LogP contribution in [0.1, 0.15) is 24.4 Å². The van der Waals surface area contributed by atoms with E-state index < -0.39 is 0 Å². The Balaban J connectivity index is 1.40. The van der Waals surface area contributed by atoms with Gasteiger partial charge in [-0.1, -0.05) is 6.07 Å². The number of nitrogens with zero attached hydrogens (tertiary/aromatic N) is 3. The molecule has 1 saturated carbocycles. The Morgan fingerprint density at radius 3 is 2.54 bits per heavy atom. The standard InChI is InChI=1S/C22H28N4O2/c1-28-20-8-6-19(7-9-20)25-11-13-26(14-12-25)21(18-3-2-10-23-15-18)16-24-22(27)17-4-5-17/h2-3,6-10,15,17,21H,4-5,11-14,16H2,1H3,(H,24,27)/t21-/m1/s1. The van der Waals surface area contributed by atoms with E-state index in [-0.39, 0.29) is 17.9 Å². The maximum absolute atomic E-state index is 12.1. The maximum atomic E-state index is 12.1. The van der Waals surface area contributed by atoms with Gasteiger partial charge in [0.05, 0.1) is 13.2 Å². The van der Waals surface area contributed by atoms with Crippen LogP contribution in [0.3, 0.4) is 0 Å². The van der Waals surface area contributed by atoms with Crippen LogP contribution in [0.15, 0.2) is 48.8 Å². The van der Waals surface area contributed by atoms with Crippen LogP contribution in [0.25, 0.3) is 0 Å². The van der Waals surface area contributed by atoms with Gasteiger partial charge in [0.2, 0.25) is 5.91 Å². The minimum absolute atomic E-state index is 0.161. The number of nitrogens with one attached hydrogen (secondary N) is 1. The van der Waals surface area contributed by atoms with Crippen molar-refractivity contribution in [1.82, 2.24) is 15.2 Å². The van der Waals surface area contributed by atoms with Crippen LogP contribution < -0.4 is 15.0 Å². The second-order valence-corrected chi connectivity index (χ2v) is 7.54. The molecule has 0 radical (unpaired) electrons. The number of carbonyl (C=O) groups is 1. The minimum atomic E-state index is 0.161. The van der Waals surface area contributed by atoms with Crippen molar-refractivity contribution in [2.45, 2.75) is 18.9 Å². The van der Waals surface area contributed by atoms with Crippen LogP contribution >= 0.6 is 0 Å². The highest BCUT2D eigenvalue weighted by Gasteiger charge is 2.31. The number of pyridine rings is 1. The van der Waals surface area contributed by atoms with Gasteiger partial charge in [0, 0.05) is 56.7 Å². The topological polar surface area (TPSA) is 57.7 Å². The SMILES string of the molecule is COc1ccc(N2CCN([C@H](CNC(=O)C3CC3)c3cccnc3)CC2)cc1. The molecule has 0 bridgehead atoms. The summed E-state index contributed by atoms with van der Waals surface area (Å²) in [7, 11) is 1.69. The third kappa shape index (κ3) is 4.44. The van der Waals surface area contributed by atoms with Crippen molar-refractivity contribution in [2.24, 2.45) is 5.92 Å². The van der Waals surface area contributed by atoms with Gasteiger partial charge in [0.15, 0.2) is 0 Å². The van der Waals surface area contributed by atoms with Crippen LogP contribution in [0.4, 0.5) is 5.69 Å². The molecule has 2 heterocycles. The lowest BCUT2D eigenvalue weighted by molar-refractivity contribution is -0.122. The van der Waals surface area contributed by atoms with Gasteiger partial charge in [-0.05, 0) is 48.7 Å². The van der Waals surface area contributed by atoms with Crippen molar-refractivity contribution in [1.29, 1.82) is 0 Å². The summed E-state index contributed by atoms with van der Waals surface area (Å²) in [6, 6.07) is 12.5. The third-order valence-corrected chi connectivity index (χ3v) is 5.68. The van der Waals surface area contributed by atoms with Gasteiger partial charge >= 0.3 is 0 Å². The Labute approximate surface area is 166 Å². The summed E-state index contributed by atoms with van der Waals surface area (Å²) in [4.78, 5) is 21.3. The maximum Gasteiger partial charge on any atom is 0.223 e. The van der Waals surface area contributed by atoms with Gasteiger partial charge in [0.1, 0.15) is 5.75 Å². The molecule has 1 saturated heterocycles. The smallest absolute Gasteiger partial charge is 0.223 e. The Bertz CT molecular complexity index is 769. The number of hydrogen-bond donors (Lipinski definition) is 1. The fraction of sp³-hybridized carbons (Fsp3) is 0.455. The molecule has 1 aliphatic heterocycles. The van der Waals surface area contributed by atoms with E-state index in [1.165, 1.54) is 5.69 Å². The normalized spacial score (nSPS) is 18.5. The number of carbonyl (C=O) groups excluding carboxylic acids is 1. The number of aromatic nitrogens is 1. The number of rotatable bonds is 7. The van der Waals surface area contributed by atoms with Gasteiger partial charge in [-0.25, -0.2) is 0 Å². The number of benzene rings is 1. The van der Waals surface area contributed by atoms with E-state index in [9.17, 15) is 4.79 Å². The molecule has 2 fully saturated rings. The molecule has 1 amide bonds. The zero-order valence-corrected chi connectivity index (χ0v) is 16.4. The van der Waals surface area contributed by atoms with E-state index in [2.05, 4.69) is 38.3 Å². The van der Waals surface area contributed by atoms with Gasteiger partial charge in [0.25, 0.3) is 0 Å². The molecule has 1 aromatic carbocycles. The first-order valence-corrected chi connectivity index (χ1v) is 10.1. The molecule has 6 heteroatoms. The summed E-state index contributed by atoms with van der Waals surface area (Å²) >= 11 is 0. The molecule has 2 aliphatic rings. The average Bonchev–Trinajstić information content (AvgIpc) is 3.61. The van der Waals surface area contributed by atoms with E-state index in [1.807, 2.05) is 24.4 Å². The zero-order chi connectivity index (χ0) is 19.3. The molecule has 1 aliphatic carbocycles. The lowest BCUT2D eigenvalue weighted by atomic mass is 10.1. The Morgan fingerprint density at radius 1 is 1.18 bits per heavy atom. The monoisotopic (exact) mass is 380 g/mol. The fourth-order valence-electron chi connectivity index (χ4n) is 3.80. The summed E-state index contributed by atoms with van der Waals surface area (Å²) in [5.74, 6) is 1.32. The molecule has 0 spiro atoms. The fourth-order valence-corrected chi connectivity index (χ4v) is 3.80. The van der Waals surface area contributed by atoms with E-state index in [1.54, 1.807) is 13.3 Å². The molecular formula is C22H28N4O2. The Kier molecular flexibility index (Phi) is 5.76. The zero-order valence-electron chi connectivity index (χ0n) is 16.4. The highest BCUT2D eigenvalue weighted by molar-refractivity contribution is 5.80. The third-order valence-electron chi connectivity index (χ3n) is 5.68. The lowest BCUT2D eigenvalue weighted by Gasteiger charge is -2.40. The van der Waals surface area contributed by atoms with E-state index in [0.717, 1.165) is 50.3 Å². The molecule has 1 atom stereocenters. The number of anilines is 1. The summed E-state index contributed by atoms with van der Waals surface area (Å²) in [5, 5.41) is 3.16. The molecule has 28 heavy (non-hydrogen) atoms. The van der Waals surface area contributed by atoms with Crippen molar-refractivity contribution in [3.8, 4) is 5.75 Å². The number of ether oxygens (including phenoxy) is 1. The Morgan fingerprint density at radius 2 is 1.93 bits per heavy atom. The summed E-state index contributed by atoms with van der Waals surface area (Å²) in [5.41, 5.74) is 2.39. The van der Waals surface area contributed by atoms with Gasteiger partial charge < -0.3 is 15.0 Å².